The molecule has 0 saturated heterocycles. The molecule has 1 amide bonds. The third-order valence-corrected chi connectivity index (χ3v) is 2.84. The predicted molar refractivity (Wildman–Crippen MR) is 73.4 cm³/mol. The summed E-state index contributed by atoms with van der Waals surface area (Å²) >= 11 is 0. The van der Waals surface area contributed by atoms with Crippen molar-refractivity contribution in [3.05, 3.63) is 11.4 Å². The molecule has 0 aromatic carbocycles. The molecule has 1 heterocycles. The minimum Gasteiger partial charge on any atom is -0.395 e. The highest BCUT2D eigenvalue weighted by Gasteiger charge is 2.16. The van der Waals surface area contributed by atoms with E-state index in [4.69, 9.17) is 5.73 Å². The van der Waals surface area contributed by atoms with Crippen LogP contribution in [0, 0.1) is 5.92 Å². The summed E-state index contributed by atoms with van der Waals surface area (Å²) in [6, 6.07) is 0. The van der Waals surface area contributed by atoms with Crippen LogP contribution in [0.15, 0.2) is 0 Å². The molecule has 0 spiro atoms. The van der Waals surface area contributed by atoms with Gasteiger partial charge in [-0.25, -0.2) is 0 Å². The Bertz CT molecular complexity index is 384. The third kappa shape index (κ3) is 4.05. The van der Waals surface area contributed by atoms with Crippen LogP contribution in [0.5, 0.6) is 0 Å². The van der Waals surface area contributed by atoms with E-state index in [1.807, 2.05) is 0 Å². The van der Waals surface area contributed by atoms with Crippen LogP contribution in [0.25, 0.3) is 0 Å². The molecule has 0 fully saturated rings. The molecule has 0 saturated carbocycles. The minimum atomic E-state index is -0.185. The number of nitrogens with two attached hydrogens (primary N) is 1. The molecule has 0 radical (unpaired) electrons. The number of amides is 1. The van der Waals surface area contributed by atoms with Crippen LogP contribution in [-0.4, -0.2) is 22.6 Å². The smallest absolute Gasteiger partial charge is 0.273 e. The maximum Gasteiger partial charge on any atom is 0.273 e. The largest absolute Gasteiger partial charge is 0.395 e. The lowest BCUT2D eigenvalue weighted by atomic mass is 10.1. The van der Waals surface area contributed by atoms with Crippen LogP contribution < -0.4 is 11.1 Å². The van der Waals surface area contributed by atoms with Crippen molar-refractivity contribution in [3.63, 3.8) is 0 Å². The first-order valence-electron chi connectivity index (χ1n) is 6.67. The first-order valence-corrected chi connectivity index (χ1v) is 6.67. The first kappa shape index (κ1) is 14.5. The first-order chi connectivity index (χ1) is 8.56. The van der Waals surface area contributed by atoms with Crippen molar-refractivity contribution in [2.75, 3.05) is 12.3 Å². The van der Waals surface area contributed by atoms with Gasteiger partial charge in [0.05, 0.1) is 11.4 Å². The molecule has 5 nitrogen and oxygen atoms in total. The molecule has 0 bridgehead atoms. The lowest BCUT2D eigenvalue weighted by Crippen LogP contribution is -2.25. The molecule has 0 unspecified atom stereocenters. The van der Waals surface area contributed by atoms with Crippen LogP contribution in [0.1, 0.15) is 56.2 Å². The van der Waals surface area contributed by atoms with Crippen molar-refractivity contribution in [2.24, 2.45) is 5.92 Å². The second-order valence-electron chi connectivity index (χ2n) is 5.01. The Morgan fingerprint density at radius 1 is 1.50 bits per heavy atom. The van der Waals surface area contributed by atoms with Crippen molar-refractivity contribution in [1.29, 1.82) is 0 Å². The molecule has 0 atom stereocenters. The highest BCUT2D eigenvalue weighted by Crippen LogP contribution is 2.15. The highest BCUT2D eigenvalue weighted by atomic mass is 16.1. The van der Waals surface area contributed by atoms with Crippen LogP contribution in [-0.2, 0) is 6.42 Å². The van der Waals surface area contributed by atoms with Gasteiger partial charge < -0.3 is 11.1 Å². The topological polar surface area (TPSA) is 83.8 Å². The average Bonchev–Trinajstić information content (AvgIpc) is 2.67. The van der Waals surface area contributed by atoms with Crippen molar-refractivity contribution >= 4 is 11.6 Å². The summed E-state index contributed by atoms with van der Waals surface area (Å²) in [6.45, 7) is 7.08. The summed E-state index contributed by atoms with van der Waals surface area (Å²) in [6.07, 6.45) is 3.88. The third-order valence-electron chi connectivity index (χ3n) is 2.84. The van der Waals surface area contributed by atoms with Gasteiger partial charge in [0.15, 0.2) is 5.69 Å². The van der Waals surface area contributed by atoms with Crippen molar-refractivity contribution in [2.45, 2.75) is 46.5 Å². The Labute approximate surface area is 109 Å². The van der Waals surface area contributed by atoms with E-state index in [1.165, 1.54) is 0 Å². The zero-order valence-electron chi connectivity index (χ0n) is 11.5. The SMILES string of the molecule is CCCc1[nH]nc(C(=O)NCCCC(C)C)c1N. The van der Waals surface area contributed by atoms with E-state index >= 15 is 0 Å². The van der Waals surface area contributed by atoms with Gasteiger partial charge in [0.1, 0.15) is 0 Å². The monoisotopic (exact) mass is 252 g/mol. The van der Waals surface area contributed by atoms with Crippen LogP contribution in [0.4, 0.5) is 5.69 Å². The van der Waals surface area contributed by atoms with Gasteiger partial charge in [0.2, 0.25) is 0 Å². The van der Waals surface area contributed by atoms with E-state index < -0.39 is 0 Å². The molecule has 1 aromatic rings. The highest BCUT2D eigenvalue weighted by molar-refractivity contribution is 5.97. The number of anilines is 1. The number of carbonyl (C=O) groups excluding carboxylic acids is 1. The molecular weight excluding hydrogens is 228 g/mol. The average molecular weight is 252 g/mol. The Morgan fingerprint density at radius 2 is 2.22 bits per heavy atom. The van der Waals surface area contributed by atoms with Crippen molar-refractivity contribution in [3.8, 4) is 0 Å². The Morgan fingerprint density at radius 3 is 2.83 bits per heavy atom. The van der Waals surface area contributed by atoms with Gasteiger partial charge in [-0.1, -0.05) is 27.2 Å². The van der Waals surface area contributed by atoms with Crippen molar-refractivity contribution < 1.29 is 4.79 Å². The van der Waals surface area contributed by atoms with Crippen LogP contribution >= 0.6 is 0 Å². The molecule has 102 valence electrons. The molecule has 0 aliphatic heterocycles. The summed E-state index contributed by atoms with van der Waals surface area (Å²) in [5.41, 5.74) is 7.55. The van der Waals surface area contributed by atoms with E-state index in [2.05, 4.69) is 36.3 Å². The molecule has 0 aliphatic rings. The van der Waals surface area contributed by atoms with Gasteiger partial charge >= 0.3 is 0 Å². The van der Waals surface area contributed by atoms with Crippen LogP contribution in [0.2, 0.25) is 0 Å². The maximum atomic E-state index is 11.9. The maximum absolute atomic E-state index is 11.9. The number of H-pyrrole nitrogens is 1. The van der Waals surface area contributed by atoms with E-state index in [-0.39, 0.29) is 5.91 Å². The number of aromatic nitrogens is 2. The second kappa shape index (κ2) is 7.03. The predicted octanol–water partition coefficient (Wildman–Crippen LogP) is 2.11. The van der Waals surface area contributed by atoms with E-state index in [0.717, 1.165) is 31.4 Å². The lowest BCUT2D eigenvalue weighted by molar-refractivity contribution is 0.0948. The number of nitrogens with one attached hydrogen (secondary N) is 2. The van der Waals surface area contributed by atoms with E-state index in [9.17, 15) is 4.79 Å². The molecule has 1 rings (SSSR count). The quantitative estimate of drug-likeness (QED) is 0.650. The number of aromatic amines is 1. The summed E-state index contributed by atoms with van der Waals surface area (Å²) in [7, 11) is 0. The number of carbonyl (C=O) groups is 1. The molecule has 4 N–H and O–H groups in total. The lowest BCUT2D eigenvalue weighted by Gasteiger charge is -2.06. The molecule has 18 heavy (non-hydrogen) atoms. The molecule has 5 heteroatoms. The fourth-order valence-electron chi connectivity index (χ4n) is 1.80. The molecule has 0 aliphatic carbocycles. The number of hydrogen-bond donors (Lipinski definition) is 3. The number of nitrogen functional groups attached to an aromatic ring is 1. The summed E-state index contributed by atoms with van der Waals surface area (Å²) < 4.78 is 0. The number of nitrogens with zero attached hydrogens (tertiary/aromatic N) is 1. The number of aryl methyl sites for hydroxylation is 1. The van der Waals surface area contributed by atoms with E-state index in [0.29, 0.717) is 23.8 Å². The zero-order valence-corrected chi connectivity index (χ0v) is 11.5. The van der Waals surface area contributed by atoms with Gasteiger partial charge in [0, 0.05) is 6.54 Å². The van der Waals surface area contributed by atoms with E-state index in [1.54, 1.807) is 0 Å². The summed E-state index contributed by atoms with van der Waals surface area (Å²) in [4.78, 5) is 11.9. The Balaban J connectivity index is 2.46. The second-order valence-corrected chi connectivity index (χ2v) is 5.01. The van der Waals surface area contributed by atoms with Gasteiger partial charge in [-0.15, -0.1) is 0 Å². The Kier molecular flexibility index (Phi) is 5.68. The van der Waals surface area contributed by atoms with Gasteiger partial charge in [0.25, 0.3) is 5.91 Å². The molecule has 1 aromatic heterocycles. The van der Waals surface area contributed by atoms with Gasteiger partial charge in [-0.3, -0.25) is 9.89 Å². The fourth-order valence-corrected chi connectivity index (χ4v) is 1.80. The number of rotatable bonds is 7. The minimum absolute atomic E-state index is 0.185. The number of hydrogen-bond acceptors (Lipinski definition) is 3. The molecular formula is C13H24N4O. The van der Waals surface area contributed by atoms with Gasteiger partial charge in [-0.2, -0.15) is 5.10 Å². The fraction of sp³-hybridized carbons (Fsp3) is 0.692. The summed E-state index contributed by atoms with van der Waals surface area (Å²) in [5.74, 6) is 0.475. The summed E-state index contributed by atoms with van der Waals surface area (Å²) in [5, 5.41) is 9.66. The van der Waals surface area contributed by atoms with Crippen molar-refractivity contribution in [1.82, 2.24) is 15.5 Å². The zero-order chi connectivity index (χ0) is 13.5. The standard InChI is InChI=1S/C13H24N4O/c1-4-6-10-11(14)12(17-16-10)13(18)15-8-5-7-9(2)3/h9H,4-8,14H2,1-3H3,(H,15,18)(H,16,17). The normalized spacial score (nSPS) is 10.9. The van der Waals surface area contributed by atoms with Gasteiger partial charge in [-0.05, 0) is 25.2 Å². The van der Waals surface area contributed by atoms with Crippen LogP contribution in [0.3, 0.4) is 0 Å². The Hall–Kier alpha value is -1.52.